The SMILES string of the molecule is CCCC[C@H]1CC[C@H](C=CC#C[C@H]2CC[C@H](OC(=O)c3ccc(CC)cc3)CC2)CC1. The number of hydrogen-bond donors (Lipinski definition) is 0. The van der Waals surface area contributed by atoms with Crippen LogP contribution in [0.5, 0.6) is 0 Å². The molecule has 0 unspecified atom stereocenters. The number of aryl methyl sites for hydroxylation is 1. The predicted molar refractivity (Wildman–Crippen MR) is 129 cm³/mol. The molecule has 2 aliphatic rings. The second-order valence-electron chi connectivity index (χ2n) is 9.50. The first kappa shape index (κ1) is 23.6. The molecule has 0 heterocycles. The van der Waals surface area contributed by atoms with Crippen LogP contribution in [0.2, 0.25) is 0 Å². The summed E-state index contributed by atoms with van der Waals surface area (Å²) in [5, 5.41) is 0. The van der Waals surface area contributed by atoms with Gasteiger partial charge in [-0.15, -0.1) is 0 Å². The van der Waals surface area contributed by atoms with Crippen LogP contribution in [0.1, 0.15) is 100 Å². The van der Waals surface area contributed by atoms with Crippen LogP contribution >= 0.6 is 0 Å². The normalized spacial score (nSPS) is 26.3. The van der Waals surface area contributed by atoms with Gasteiger partial charge in [0.25, 0.3) is 0 Å². The van der Waals surface area contributed by atoms with Gasteiger partial charge in [-0.05, 0) is 93.4 Å². The van der Waals surface area contributed by atoms with Gasteiger partial charge >= 0.3 is 5.97 Å². The van der Waals surface area contributed by atoms with Crippen molar-refractivity contribution < 1.29 is 9.53 Å². The first-order chi connectivity index (χ1) is 15.2. The number of allylic oxidation sites excluding steroid dienone is 2. The van der Waals surface area contributed by atoms with Crippen molar-refractivity contribution in [1.29, 1.82) is 0 Å². The summed E-state index contributed by atoms with van der Waals surface area (Å²) in [6, 6.07) is 7.77. The molecule has 0 aromatic heterocycles. The van der Waals surface area contributed by atoms with Crippen LogP contribution in [-0.2, 0) is 11.2 Å². The van der Waals surface area contributed by atoms with Crippen LogP contribution in [-0.4, -0.2) is 12.1 Å². The van der Waals surface area contributed by atoms with Gasteiger partial charge in [-0.1, -0.05) is 63.2 Å². The average molecular weight is 421 g/mol. The van der Waals surface area contributed by atoms with E-state index in [2.05, 4.69) is 37.8 Å². The van der Waals surface area contributed by atoms with E-state index in [1.54, 1.807) is 0 Å². The second-order valence-corrected chi connectivity index (χ2v) is 9.50. The first-order valence-electron chi connectivity index (χ1n) is 12.7. The molecule has 0 saturated heterocycles. The van der Waals surface area contributed by atoms with Crippen LogP contribution in [0.3, 0.4) is 0 Å². The minimum atomic E-state index is -0.190. The number of carbonyl (C=O) groups is 1. The summed E-state index contributed by atoms with van der Waals surface area (Å²) in [5.41, 5.74) is 1.90. The fourth-order valence-corrected chi connectivity index (χ4v) is 4.93. The third-order valence-electron chi connectivity index (χ3n) is 7.14. The summed E-state index contributed by atoms with van der Waals surface area (Å²) in [4.78, 5) is 12.4. The Balaban J connectivity index is 1.34. The average Bonchev–Trinajstić information content (AvgIpc) is 2.82. The molecule has 2 nitrogen and oxygen atoms in total. The smallest absolute Gasteiger partial charge is 0.338 e. The van der Waals surface area contributed by atoms with Crippen molar-refractivity contribution >= 4 is 5.97 Å². The van der Waals surface area contributed by atoms with E-state index in [0.717, 1.165) is 43.9 Å². The molecule has 2 heteroatoms. The molecule has 0 aliphatic heterocycles. The maximum Gasteiger partial charge on any atom is 0.338 e. The molecule has 0 N–H and O–H groups in total. The molecular formula is C29H40O2. The molecule has 0 amide bonds. The van der Waals surface area contributed by atoms with E-state index < -0.39 is 0 Å². The van der Waals surface area contributed by atoms with Gasteiger partial charge in [-0.2, -0.15) is 0 Å². The molecule has 0 radical (unpaired) electrons. The molecule has 31 heavy (non-hydrogen) atoms. The molecule has 2 aliphatic carbocycles. The molecule has 168 valence electrons. The predicted octanol–water partition coefficient (Wildman–Crippen LogP) is 7.52. The molecule has 0 spiro atoms. The Kier molecular flexibility index (Phi) is 9.73. The zero-order valence-corrected chi connectivity index (χ0v) is 19.6. The number of rotatable bonds is 7. The second kappa shape index (κ2) is 12.7. The van der Waals surface area contributed by atoms with Gasteiger partial charge in [0, 0.05) is 5.92 Å². The quantitative estimate of drug-likeness (QED) is 0.337. The Labute approximate surface area is 189 Å². The minimum absolute atomic E-state index is 0.0369. The standard InChI is InChI=1S/C29H40O2/c1-3-5-8-24-11-13-25(14-12-24)9-6-7-10-26-17-21-28(22-18-26)31-29(30)27-19-15-23(4-2)16-20-27/h6,9,15-16,19-20,24-26,28H,3-5,8,11-14,17-18,21-22H2,1-2H3/t24-,25-,26-,28-. The molecular weight excluding hydrogens is 380 g/mol. The minimum Gasteiger partial charge on any atom is -0.459 e. The van der Waals surface area contributed by atoms with Crippen molar-refractivity contribution in [2.24, 2.45) is 17.8 Å². The van der Waals surface area contributed by atoms with Gasteiger partial charge in [0.05, 0.1) is 5.56 Å². The van der Waals surface area contributed by atoms with E-state index in [1.165, 1.54) is 50.5 Å². The van der Waals surface area contributed by atoms with E-state index >= 15 is 0 Å². The number of benzene rings is 1. The fraction of sp³-hybridized carbons (Fsp3) is 0.621. The highest BCUT2D eigenvalue weighted by atomic mass is 16.5. The van der Waals surface area contributed by atoms with Crippen molar-refractivity contribution in [2.75, 3.05) is 0 Å². The van der Waals surface area contributed by atoms with Gasteiger partial charge in [0.1, 0.15) is 6.10 Å². The molecule has 3 rings (SSSR count). The highest BCUT2D eigenvalue weighted by Gasteiger charge is 2.23. The van der Waals surface area contributed by atoms with Gasteiger partial charge in [0.2, 0.25) is 0 Å². The van der Waals surface area contributed by atoms with Crippen molar-refractivity contribution in [3.05, 3.63) is 47.5 Å². The maximum absolute atomic E-state index is 12.4. The Hall–Kier alpha value is -2.01. The number of carbonyl (C=O) groups excluding carboxylic acids is 1. The van der Waals surface area contributed by atoms with Crippen LogP contribution < -0.4 is 0 Å². The largest absolute Gasteiger partial charge is 0.459 e. The van der Waals surface area contributed by atoms with E-state index in [4.69, 9.17) is 4.74 Å². The first-order valence-corrected chi connectivity index (χ1v) is 12.7. The van der Waals surface area contributed by atoms with Crippen molar-refractivity contribution in [3.8, 4) is 11.8 Å². The Morgan fingerprint density at radius 2 is 1.71 bits per heavy atom. The molecule has 1 aromatic carbocycles. The molecule has 0 bridgehead atoms. The lowest BCUT2D eigenvalue weighted by atomic mass is 9.80. The Morgan fingerprint density at radius 3 is 2.35 bits per heavy atom. The molecule has 2 fully saturated rings. The summed E-state index contributed by atoms with van der Waals surface area (Å²) in [7, 11) is 0. The van der Waals surface area contributed by atoms with Gasteiger partial charge in [0.15, 0.2) is 0 Å². The highest BCUT2D eigenvalue weighted by molar-refractivity contribution is 5.89. The van der Waals surface area contributed by atoms with E-state index in [9.17, 15) is 4.79 Å². The van der Waals surface area contributed by atoms with Crippen LogP contribution in [0.25, 0.3) is 0 Å². The number of ether oxygens (including phenoxy) is 1. The Morgan fingerprint density at radius 1 is 1.00 bits per heavy atom. The van der Waals surface area contributed by atoms with Crippen molar-refractivity contribution in [2.45, 2.75) is 97.0 Å². The Bertz CT molecular complexity index is 748. The molecule has 0 atom stereocenters. The van der Waals surface area contributed by atoms with Gasteiger partial charge < -0.3 is 4.74 Å². The summed E-state index contributed by atoms with van der Waals surface area (Å²) < 4.78 is 5.74. The monoisotopic (exact) mass is 420 g/mol. The van der Waals surface area contributed by atoms with Crippen molar-refractivity contribution in [3.63, 3.8) is 0 Å². The summed E-state index contributed by atoms with van der Waals surface area (Å²) in [6.07, 6.45) is 19.0. The van der Waals surface area contributed by atoms with E-state index in [1.807, 2.05) is 24.3 Å². The summed E-state index contributed by atoms with van der Waals surface area (Å²) >= 11 is 0. The topological polar surface area (TPSA) is 26.3 Å². The third kappa shape index (κ3) is 7.88. The lowest BCUT2D eigenvalue weighted by Gasteiger charge is -2.26. The molecule has 2 saturated carbocycles. The third-order valence-corrected chi connectivity index (χ3v) is 7.14. The highest BCUT2D eigenvalue weighted by Crippen LogP contribution is 2.32. The summed E-state index contributed by atoms with van der Waals surface area (Å²) in [6.45, 7) is 4.41. The van der Waals surface area contributed by atoms with Crippen molar-refractivity contribution in [1.82, 2.24) is 0 Å². The van der Waals surface area contributed by atoms with E-state index in [-0.39, 0.29) is 12.1 Å². The van der Waals surface area contributed by atoms with Gasteiger partial charge in [-0.3, -0.25) is 0 Å². The number of hydrogen-bond acceptors (Lipinski definition) is 2. The fourth-order valence-electron chi connectivity index (χ4n) is 4.93. The summed E-state index contributed by atoms with van der Waals surface area (Å²) in [5.74, 6) is 8.69. The maximum atomic E-state index is 12.4. The zero-order chi connectivity index (χ0) is 21.9. The number of esters is 1. The van der Waals surface area contributed by atoms with Crippen LogP contribution in [0.4, 0.5) is 0 Å². The van der Waals surface area contributed by atoms with Gasteiger partial charge in [-0.25, -0.2) is 4.79 Å². The zero-order valence-electron chi connectivity index (χ0n) is 19.6. The molecule has 1 aromatic rings. The lowest BCUT2D eigenvalue weighted by Crippen LogP contribution is -2.24. The van der Waals surface area contributed by atoms with Crippen LogP contribution in [0, 0.1) is 29.6 Å². The van der Waals surface area contributed by atoms with E-state index in [0.29, 0.717) is 11.5 Å². The number of unbranched alkanes of at least 4 members (excludes halogenated alkanes) is 1. The van der Waals surface area contributed by atoms with Crippen LogP contribution in [0.15, 0.2) is 36.4 Å². The lowest BCUT2D eigenvalue weighted by molar-refractivity contribution is 0.0188.